The first-order valence-corrected chi connectivity index (χ1v) is 7.76. The second-order valence-corrected chi connectivity index (χ2v) is 5.88. The van der Waals surface area contributed by atoms with Crippen molar-refractivity contribution in [2.24, 2.45) is 0 Å². The average molecular weight is 332 g/mol. The summed E-state index contributed by atoms with van der Waals surface area (Å²) in [7, 11) is 0. The van der Waals surface area contributed by atoms with Crippen molar-refractivity contribution in [3.8, 4) is 28.6 Å². The fourth-order valence-corrected chi connectivity index (χ4v) is 2.86. The van der Waals surface area contributed by atoms with Gasteiger partial charge in [-0.1, -0.05) is 0 Å². The quantitative estimate of drug-likeness (QED) is 0.489. The van der Waals surface area contributed by atoms with Gasteiger partial charge in [0.15, 0.2) is 0 Å². The van der Waals surface area contributed by atoms with E-state index in [0.29, 0.717) is 28.2 Å². The van der Waals surface area contributed by atoms with E-state index in [-0.39, 0.29) is 11.5 Å². The molecule has 0 aliphatic rings. The lowest BCUT2D eigenvalue weighted by atomic mass is 10.1. The molecule has 0 atom stereocenters. The summed E-state index contributed by atoms with van der Waals surface area (Å²) in [4.78, 5) is 8.77. The number of rotatable bonds is 2. The van der Waals surface area contributed by atoms with E-state index < -0.39 is 0 Å². The summed E-state index contributed by atoms with van der Waals surface area (Å²) in [6.45, 7) is 1.77. The number of imidazole rings is 1. The van der Waals surface area contributed by atoms with Crippen LogP contribution in [0.25, 0.3) is 28.1 Å². The predicted octanol–water partition coefficient (Wildman–Crippen LogP) is 3.39. The maximum absolute atomic E-state index is 10.4. The van der Waals surface area contributed by atoms with Crippen LogP contribution in [0.3, 0.4) is 0 Å². The third-order valence-corrected chi connectivity index (χ3v) is 4.16. The molecular weight excluding hydrogens is 316 g/mol. The second-order valence-electron chi connectivity index (χ2n) is 5.88. The normalized spacial score (nSPS) is 11.1. The Hall–Kier alpha value is -3.54. The minimum Gasteiger partial charge on any atom is -0.508 e. The Labute approximate surface area is 143 Å². The van der Waals surface area contributed by atoms with Crippen molar-refractivity contribution in [3.63, 3.8) is 0 Å². The van der Waals surface area contributed by atoms with Crippen LogP contribution in [0.4, 0.5) is 5.69 Å². The minimum absolute atomic E-state index is 0.0388. The number of fused-ring (bicyclic) bond motifs is 1. The minimum atomic E-state index is -0.0388. The smallest absolute Gasteiger partial charge is 0.149 e. The fourth-order valence-electron chi connectivity index (χ4n) is 2.86. The zero-order valence-electron chi connectivity index (χ0n) is 13.5. The number of hydrogen-bond donors (Lipinski definition) is 3. The average Bonchev–Trinajstić information content (AvgIpc) is 2.98. The van der Waals surface area contributed by atoms with Crippen LogP contribution < -0.4 is 5.73 Å². The number of aromatic nitrogens is 3. The highest BCUT2D eigenvalue weighted by Crippen LogP contribution is 2.37. The maximum Gasteiger partial charge on any atom is 0.149 e. The first kappa shape index (κ1) is 15.0. The Morgan fingerprint density at radius 1 is 1.00 bits per heavy atom. The molecule has 0 fully saturated rings. The summed E-state index contributed by atoms with van der Waals surface area (Å²) in [5, 5.41) is 20.2. The molecule has 0 saturated carbocycles. The van der Waals surface area contributed by atoms with Gasteiger partial charge >= 0.3 is 0 Å². The van der Waals surface area contributed by atoms with Gasteiger partial charge in [0.25, 0.3) is 0 Å². The van der Waals surface area contributed by atoms with E-state index in [4.69, 9.17) is 5.73 Å². The lowest BCUT2D eigenvalue weighted by Gasteiger charge is -2.12. The Morgan fingerprint density at radius 2 is 1.76 bits per heavy atom. The van der Waals surface area contributed by atoms with Crippen LogP contribution in [0.5, 0.6) is 11.5 Å². The molecule has 0 radical (unpaired) electrons. The van der Waals surface area contributed by atoms with Gasteiger partial charge in [-0.25, -0.2) is 4.98 Å². The van der Waals surface area contributed by atoms with Crippen LogP contribution in [0.2, 0.25) is 0 Å². The third kappa shape index (κ3) is 2.44. The Bertz CT molecular complexity index is 1080. The van der Waals surface area contributed by atoms with E-state index in [1.165, 1.54) is 6.07 Å². The summed E-state index contributed by atoms with van der Waals surface area (Å²) in [5.74, 6) is 0.564. The Kier molecular flexibility index (Phi) is 3.32. The molecule has 4 aromatic rings. The van der Waals surface area contributed by atoms with Crippen LogP contribution in [-0.4, -0.2) is 24.7 Å². The molecule has 0 unspecified atom stereocenters. The van der Waals surface area contributed by atoms with Crippen LogP contribution in [-0.2, 0) is 0 Å². The van der Waals surface area contributed by atoms with Crippen LogP contribution >= 0.6 is 0 Å². The zero-order valence-corrected chi connectivity index (χ0v) is 13.5. The lowest BCUT2D eigenvalue weighted by molar-refractivity contribution is 0.449. The molecule has 6 nitrogen and oxygen atoms in total. The number of anilines is 1. The number of nitrogen functional groups attached to an aromatic ring is 1. The highest BCUT2D eigenvalue weighted by molar-refractivity contribution is 5.84. The van der Waals surface area contributed by atoms with Crippen molar-refractivity contribution < 1.29 is 10.2 Å². The number of phenols is 2. The van der Waals surface area contributed by atoms with E-state index in [9.17, 15) is 10.2 Å². The van der Waals surface area contributed by atoms with Crippen LogP contribution in [0, 0.1) is 6.92 Å². The summed E-state index contributed by atoms with van der Waals surface area (Å²) < 4.78 is 1.93. The van der Waals surface area contributed by atoms with Gasteiger partial charge in [-0.3, -0.25) is 9.55 Å². The predicted molar refractivity (Wildman–Crippen MR) is 96.8 cm³/mol. The van der Waals surface area contributed by atoms with Gasteiger partial charge in [0, 0.05) is 23.6 Å². The van der Waals surface area contributed by atoms with E-state index >= 15 is 0 Å². The first-order valence-electron chi connectivity index (χ1n) is 7.76. The van der Waals surface area contributed by atoms with E-state index in [1.807, 2.05) is 34.9 Å². The van der Waals surface area contributed by atoms with Gasteiger partial charge in [0.05, 0.1) is 17.3 Å². The van der Waals surface area contributed by atoms with E-state index in [2.05, 4.69) is 9.97 Å². The van der Waals surface area contributed by atoms with Gasteiger partial charge in [-0.15, -0.1) is 0 Å². The number of phenolic OH excluding ortho intramolecular Hbond substituents is 2. The second kappa shape index (κ2) is 5.52. The number of aromatic hydroxyl groups is 2. The highest BCUT2D eigenvalue weighted by atomic mass is 16.3. The SMILES string of the molecule is Cc1cc(-c2nc3cnccc3n2-c2ccc(N)cc2)c(O)cc1O. The van der Waals surface area contributed by atoms with Crippen molar-refractivity contribution in [1.82, 2.24) is 14.5 Å². The number of nitrogens with zero attached hydrogens (tertiary/aromatic N) is 3. The lowest BCUT2D eigenvalue weighted by Crippen LogP contribution is -1.98. The molecule has 25 heavy (non-hydrogen) atoms. The number of benzene rings is 2. The molecule has 2 aromatic heterocycles. The van der Waals surface area contributed by atoms with Gasteiger partial charge < -0.3 is 15.9 Å². The molecule has 0 aliphatic heterocycles. The monoisotopic (exact) mass is 332 g/mol. The van der Waals surface area contributed by atoms with Crippen molar-refractivity contribution >= 4 is 16.7 Å². The molecule has 4 rings (SSSR count). The first-order chi connectivity index (χ1) is 12.0. The molecule has 6 heteroatoms. The third-order valence-electron chi connectivity index (χ3n) is 4.16. The van der Waals surface area contributed by atoms with Crippen molar-refractivity contribution in [2.75, 3.05) is 5.73 Å². The molecule has 0 spiro atoms. The molecular formula is C19H16N4O2. The molecule has 4 N–H and O–H groups in total. The molecule has 2 aromatic carbocycles. The standard InChI is InChI=1S/C19H16N4O2/c1-11-8-14(18(25)9-17(11)24)19-22-15-10-21-7-6-16(15)23(19)13-4-2-12(20)3-5-13/h2-10,24-25H,20H2,1H3. The molecule has 2 heterocycles. The highest BCUT2D eigenvalue weighted by Gasteiger charge is 2.18. The molecule has 0 bridgehead atoms. The van der Waals surface area contributed by atoms with E-state index in [0.717, 1.165) is 11.2 Å². The Balaban J connectivity index is 2.06. The zero-order chi connectivity index (χ0) is 17.6. The van der Waals surface area contributed by atoms with E-state index in [1.54, 1.807) is 25.4 Å². The Morgan fingerprint density at radius 3 is 2.52 bits per heavy atom. The number of pyridine rings is 1. The maximum atomic E-state index is 10.4. The topological polar surface area (TPSA) is 97.2 Å². The van der Waals surface area contributed by atoms with Gasteiger partial charge in [-0.05, 0) is 48.9 Å². The summed E-state index contributed by atoms with van der Waals surface area (Å²) in [6, 6.07) is 12.3. The van der Waals surface area contributed by atoms with Crippen molar-refractivity contribution in [3.05, 3.63) is 60.4 Å². The summed E-state index contributed by atoms with van der Waals surface area (Å²) >= 11 is 0. The van der Waals surface area contributed by atoms with Crippen LogP contribution in [0.15, 0.2) is 54.9 Å². The summed E-state index contributed by atoms with van der Waals surface area (Å²) in [5.41, 5.74) is 10.1. The van der Waals surface area contributed by atoms with Gasteiger partial charge in [0.1, 0.15) is 22.8 Å². The number of hydrogen-bond acceptors (Lipinski definition) is 5. The van der Waals surface area contributed by atoms with Crippen LogP contribution in [0.1, 0.15) is 5.56 Å². The van der Waals surface area contributed by atoms with Crippen molar-refractivity contribution in [2.45, 2.75) is 6.92 Å². The molecule has 0 saturated heterocycles. The van der Waals surface area contributed by atoms with Gasteiger partial charge in [0.2, 0.25) is 0 Å². The molecule has 0 amide bonds. The van der Waals surface area contributed by atoms with Gasteiger partial charge in [-0.2, -0.15) is 0 Å². The fraction of sp³-hybridized carbons (Fsp3) is 0.0526. The summed E-state index contributed by atoms with van der Waals surface area (Å²) in [6.07, 6.45) is 3.38. The molecule has 0 aliphatic carbocycles. The largest absolute Gasteiger partial charge is 0.508 e. The van der Waals surface area contributed by atoms with Crippen molar-refractivity contribution in [1.29, 1.82) is 0 Å². The number of aryl methyl sites for hydroxylation is 1. The number of nitrogens with two attached hydrogens (primary N) is 1. The molecule has 124 valence electrons.